The van der Waals surface area contributed by atoms with Gasteiger partial charge < -0.3 is 9.72 Å². The molecule has 3 aromatic heterocycles. The van der Waals surface area contributed by atoms with Crippen molar-refractivity contribution in [3.8, 4) is 0 Å². The van der Waals surface area contributed by atoms with E-state index in [1.54, 1.807) is 0 Å². The Hall–Kier alpha value is -1.65. The molecular weight excluding hydrogens is 266 g/mol. The first-order valence-corrected chi connectivity index (χ1v) is 7.68. The lowest BCUT2D eigenvalue weighted by Crippen LogP contribution is -2.18. The standard InChI is InChI=1S/C16H19N3S/c1-11-8-15(13(3)20-11)12(2)17-9-14-10-19-7-5-4-6-16(19)18-14/h4-8,10,12,17H,9H2,1-3H3. The molecule has 0 spiro atoms. The minimum Gasteiger partial charge on any atom is -0.307 e. The largest absolute Gasteiger partial charge is 0.307 e. The molecule has 3 heterocycles. The molecule has 1 unspecified atom stereocenters. The van der Waals surface area contributed by atoms with Crippen LogP contribution in [0.25, 0.3) is 5.65 Å². The molecule has 0 radical (unpaired) electrons. The Bertz CT molecular complexity index is 693. The Kier molecular flexibility index (Phi) is 3.59. The van der Waals surface area contributed by atoms with Gasteiger partial charge in [-0.2, -0.15) is 0 Å². The fraction of sp³-hybridized carbons (Fsp3) is 0.312. The van der Waals surface area contributed by atoms with Crippen LogP contribution < -0.4 is 5.32 Å². The van der Waals surface area contributed by atoms with Crippen molar-refractivity contribution in [2.24, 2.45) is 0 Å². The monoisotopic (exact) mass is 285 g/mol. The first-order valence-electron chi connectivity index (χ1n) is 6.86. The van der Waals surface area contributed by atoms with Gasteiger partial charge in [-0.05, 0) is 44.5 Å². The van der Waals surface area contributed by atoms with Crippen LogP contribution in [0.2, 0.25) is 0 Å². The molecule has 0 bridgehead atoms. The number of fused-ring (bicyclic) bond motifs is 1. The summed E-state index contributed by atoms with van der Waals surface area (Å²) in [5, 5.41) is 3.56. The lowest BCUT2D eigenvalue weighted by atomic mass is 10.1. The number of hydrogen-bond acceptors (Lipinski definition) is 3. The lowest BCUT2D eigenvalue weighted by molar-refractivity contribution is 0.568. The molecule has 0 saturated heterocycles. The highest BCUT2D eigenvalue weighted by Gasteiger charge is 2.11. The van der Waals surface area contributed by atoms with Gasteiger partial charge >= 0.3 is 0 Å². The van der Waals surface area contributed by atoms with Crippen molar-refractivity contribution < 1.29 is 0 Å². The van der Waals surface area contributed by atoms with Gasteiger partial charge in [-0.15, -0.1) is 11.3 Å². The molecule has 20 heavy (non-hydrogen) atoms. The molecule has 3 nitrogen and oxygen atoms in total. The van der Waals surface area contributed by atoms with E-state index in [0.717, 1.165) is 17.9 Å². The van der Waals surface area contributed by atoms with Gasteiger partial charge in [0.1, 0.15) is 5.65 Å². The van der Waals surface area contributed by atoms with Crippen LogP contribution in [0.5, 0.6) is 0 Å². The lowest BCUT2D eigenvalue weighted by Gasteiger charge is -2.12. The summed E-state index contributed by atoms with van der Waals surface area (Å²) in [7, 11) is 0. The number of thiophene rings is 1. The maximum atomic E-state index is 4.61. The van der Waals surface area contributed by atoms with E-state index < -0.39 is 0 Å². The highest BCUT2D eigenvalue weighted by Crippen LogP contribution is 2.26. The summed E-state index contributed by atoms with van der Waals surface area (Å²) in [4.78, 5) is 7.38. The molecule has 4 heteroatoms. The zero-order chi connectivity index (χ0) is 14.1. The van der Waals surface area contributed by atoms with Crippen LogP contribution in [-0.4, -0.2) is 9.38 Å². The topological polar surface area (TPSA) is 29.3 Å². The molecule has 1 N–H and O–H groups in total. The number of aromatic nitrogens is 2. The van der Waals surface area contributed by atoms with Crippen molar-refractivity contribution in [1.82, 2.24) is 14.7 Å². The van der Waals surface area contributed by atoms with E-state index in [0.29, 0.717) is 6.04 Å². The summed E-state index contributed by atoms with van der Waals surface area (Å²) in [5.41, 5.74) is 3.48. The quantitative estimate of drug-likeness (QED) is 0.788. The van der Waals surface area contributed by atoms with E-state index in [1.165, 1.54) is 15.3 Å². The number of nitrogens with one attached hydrogen (secondary N) is 1. The SMILES string of the molecule is Cc1cc(C(C)NCc2cn3ccccc3n2)c(C)s1. The molecule has 0 aliphatic heterocycles. The first-order chi connectivity index (χ1) is 9.63. The van der Waals surface area contributed by atoms with Gasteiger partial charge in [0.15, 0.2) is 0 Å². The van der Waals surface area contributed by atoms with Crippen LogP contribution in [0.4, 0.5) is 0 Å². The summed E-state index contributed by atoms with van der Waals surface area (Å²) < 4.78 is 2.06. The Balaban J connectivity index is 1.71. The molecule has 0 fully saturated rings. The van der Waals surface area contributed by atoms with Crippen molar-refractivity contribution in [3.63, 3.8) is 0 Å². The maximum absolute atomic E-state index is 4.61. The van der Waals surface area contributed by atoms with Crippen LogP contribution >= 0.6 is 11.3 Å². The number of hydrogen-bond donors (Lipinski definition) is 1. The smallest absolute Gasteiger partial charge is 0.137 e. The predicted molar refractivity (Wildman–Crippen MR) is 84.2 cm³/mol. The second kappa shape index (κ2) is 5.38. The van der Waals surface area contributed by atoms with Crippen LogP contribution in [0.1, 0.15) is 34.0 Å². The number of aryl methyl sites for hydroxylation is 2. The van der Waals surface area contributed by atoms with Crippen LogP contribution in [0.15, 0.2) is 36.7 Å². The number of pyridine rings is 1. The Morgan fingerprint density at radius 1 is 1.35 bits per heavy atom. The van der Waals surface area contributed by atoms with E-state index in [-0.39, 0.29) is 0 Å². The van der Waals surface area contributed by atoms with Gasteiger partial charge in [-0.3, -0.25) is 0 Å². The Labute approximate surface area is 123 Å². The van der Waals surface area contributed by atoms with E-state index in [1.807, 2.05) is 35.7 Å². The van der Waals surface area contributed by atoms with Crippen LogP contribution in [0, 0.1) is 13.8 Å². The number of imidazole rings is 1. The molecule has 0 aliphatic carbocycles. The molecule has 0 aromatic carbocycles. The summed E-state index contributed by atoms with van der Waals surface area (Å²) in [6, 6.07) is 8.69. The summed E-state index contributed by atoms with van der Waals surface area (Å²) in [6.45, 7) is 7.35. The molecule has 104 valence electrons. The van der Waals surface area contributed by atoms with Gasteiger partial charge in [-0.1, -0.05) is 6.07 Å². The molecule has 1 atom stereocenters. The maximum Gasteiger partial charge on any atom is 0.137 e. The highest BCUT2D eigenvalue weighted by atomic mass is 32.1. The van der Waals surface area contributed by atoms with Gasteiger partial charge in [0, 0.05) is 34.7 Å². The van der Waals surface area contributed by atoms with Gasteiger partial charge in [0.25, 0.3) is 0 Å². The van der Waals surface area contributed by atoms with Gasteiger partial charge in [0.2, 0.25) is 0 Å². The van der Waals surface area contributed by atoms with E-state index in [4.69, 9.17) is 0 Å². The minimum absolute atomic E-state index is 0.352. The van der Waals surface area contributed by atoms with Crippen LogP contribution in [-0.2, 0) is 6.54 Å². The zero-order valence-electron chi connectivity index (χ0n) is 12.1. The summed E-state index contributed by atoms with van der Waals surface area (Å²) >= 11 is 1.86. The summed E-state index contributed by atoms with van der Waals surface area (Å²) in [6.07, 6.45) is 4.11. The summed E-state index contributed by atoms with van der Waals surface area (Å²) in [5.74, 6) is 0. The van der Waals surface area contributed by atoms with Crippen LogP contribution in [0.3, 0.4) is 0 Å². The van der Waals surface area contributed by atoms with E-state index >= 15 is 0 Å². The average molecular weight is 285 g/mol. The fourth-order valence-electron chi connectivity index (χ4n) is 2.52. The molecule has 0 amide bonds. The normalized spacial score (nSPS) is 12.9. The fourth-order valence-corrected chi connectivity index (χ4v) is 3.54. The second-order valence-corrected chi connectivity index (χ2v) is 6.63. The molecule has 0 saturated carbocycles. The zero-order valence-corrected chi connectivity index (χ0v) is 12.9. The third-order valence-corrected chi connectivity index (χ3v) is 4.53. The minimum atomic E-state index is 0.352. The molecule has 0 aliphatic rings. The van der Waals surface area contributed by atoms with E-state index in [9.17, 15) is 0 Å². The van der Waals surface area contributed by atoms with Crippen molar-refractivity contribution in [2.75, 3.05) is 0 Å². The second-order valence-electron chi connectivity index (χ2n) is 5.17. The van der Waals surface area contributed by atoms with Crippen molar-refractivity contribution >= 4 is 17.0 Å². The molecule has 3 rings (SSSR count). The Morgan fingerprint density at radius 2 is 2.20 bits per heavy atom. The van der Waals surface area contributed by atoms with Gasteiger partial charge in [0.05, 0.1) is 5.69 Å². The third kappa shape index (κ3) is 2.62. The van der Waals surface area contributed by atoms with E-state index in [2.05, 4.69) is 47.7 Å². The van der Waals surface area contributed by atoms with Crippen molar-refractivity contribution in [2.45, 2.75) is 33.4 Å². The van der Waals surface area contributed by atoms with Crippen molar-refractivity contribution in [1.29, 1.82) is 0 Å². The Morgan fingerprint density at radius 3 is 2.90 bits per heavy atom. The third-order valence-electron chi connectivity index (χ3n) is 3.55. The number of rotatable bonds is 4. The average Bonchev–Trinajstić information content (AvgIpc) is 2.98. The van der Waals surface area contributed by atoms with Crippen molar-refractivity contribution in [3.05, 3.63) is 57.7 Å². The molecule has 3 aromatic rings. The molecular formula is C16H19N3S. The predicted octanol–water partition coefficient (Wildman–Crippen LogP) is 3.86. The number of nitrogens with zero attached hydrogens (tertiary/aromatic N) is 2. The highest BCUT2D eigenvalue weighted by molar-refractivity contribution is 7.12. The van der Waals surface area contributed by atoms with Gasteiger partial charge in [-0.25, -0.2) is 4.98 Å². The first kappa shape index (κ1) is 13.3.